The number of hydrazine groups is 1. The molecule has 2 aromatic rings. The van der Waals surface area contributed by atoms with Gasteiger partial charge in [0, 0.05) is 18.8 Å². The highest BCUT2D eigenvalue weighted by Gasteiger charge is 2.17. The molecule has 1 aromatic carbocycles. The van der Waals surface area contributed by atoms with E-state index in [1.54, 1.807) is 4.68 Å². The smallest absolute Gasteiger partial charge is 0.119 e. The van der Waals surface area contributed by atoms with E-state index in [0.717, 1.165) is 22.6 Å². The van der Waals surface area contributed by atoms with E-state index in [9.17, 15) is 0 Å². The third-order valence-electron chi connectivity index (χ3n) is 3.03. The number of rotatable bonds is 5. The monoisotopic (exact) mass is 260 g/mol. The highest BCUT2D eigenvalue weighted by Crippen LogP contribution is 2.26. The Morgan fingerprint density at radius 1 is 1.47 bits per heavy atom. The van der Waals surface area contributed by atoms with Crippen molar-refractivity contribution in [2.24, 2.45) is 12.9 Å². The van der Waals surface area contributed by atoms with Crippen LogP contribution in [0.4, 0.5) is 0 Å². The maximum atomic E-state index is 5.71. The second-order valence-corrected chi connectivity index (χ2v) is 4.45. The molecule has 0 saturated carbocycles. The largest absolute Gasteiger partial charge is 0.494 e. The van der Waals surface area contributed by atoms with E-state index in [-0.39, 0.29) is 6.04 Å². The van der Waals surface area contributed by atoms with Crippen LogP contribution in [0.1, 0.15) is 29.8 Å². The van der Waals surface area contributed by atoms with Gasteiger partial charge in [-0.25, -0.2) is 5.43 Å². The number of benzene rings is 1. The first-order valence-corrected chi connectivity index (χ1v) is 6.34. The van der Waals surface area contributed by atoms with Gasteiger partial charge in [-0.2, -0.15) is 5.10 Å². The van der Waals surface area contributed by atoms with Gasteiger partial charge in [-0.1, -0.05) is 12.1 Å². The summed E-state index contributed by atoms with van der Waals surface area (Å²) in [6.45, 7) is 4.60. The molecule has 0 saturated heterocycles. The van der Waals surface area contributed by atoms with Crippen LogP contribution < -0.4 is 16.0 Å². The average Bonchev–Trinajstić information content (AvgIpc) is 2.71. The van der Waals surface area contributed by atoms with Crippen LogP contribution in [0, 0.1) is 6.92 Å². The second kappa shape index (κ2) is 5.86. The molecule has 1 unspecified atom stereocenters. The third-order valence-corrected chi connectivity index (χ3v) is 3.03. The number of aromatic nitrogens is 2. The number of hydrogen-bond donors (Lipinski definition) is 2. The van der Waals surface area contributed by atoms with Gasteiger partial charge in [-0.05, 0) is 31.5 Å². The number of aryl methyl sites for hydroxylation is 2. The molecule has 0 aliphatic rings. The molecule has 0 bridgehead atoms. The Bertz CT molecular complexity index is 550. The molecular weight excluding hydrogens is 240 g/mol. The minimum atomic E-state index is -0.0888. The molecule has 0 spiro atoms. The number of nitrogens with one attached hydrogen (secondary N) is 1. The maximum absolute atomic E-state index is 5.71. The van der Waals surface area contributed by atoms with E-state index in [1.807, 2.05) is 51.4 Å². The van der Waals surface area contributed by atoms with Crippen molar-refractivity contribution < 1.29 is 4.74 Å². The third kappa shape index (κ3) is 2.94. The van der Waals surface area contributed by atoms with Crippen LogP contribution in [0.3, 0.4) is 0 Å². The lowest BCUT2D eigenvalue weighted by Crippen LogP contribution is -2.29. The van der Waals surface area contributed by atoms with Crippen molar-refractivity contribution in [2.45, 2.75) is 19.9 Å². The van der Waals surface area contributed by atoms with Gasteiger partial charge in [-0.3, -0.25) is 10.5 Å². The zero-order chi connectivity index (χ0) is 13.8. The Morgan fingerprint density at radius 2 is 2.26 bits per heavy atom. The standard InChI is InChI=1S/C14H20N4O/c1-4-19-12-7-5-6-11(8-12)14(16-15)13-9-18(3)17-10(13)2/h5-9,14,16H,4,15H2,1-3H3. The van der Waals surface area contributed by atoms with Crippen LogP contribution in [-0.2, 0) is 7.05 Å². The molecule has 5 heteroatoms. The van der Waals surface area contributed by atoms with Gasteiger partial charge in [-0.15, -0.1) is 0 Å². The molecule has 19 heavy (non-hydrogen) atoms. The molecule has 1 aromatic heterocycles. The SMILES string of the molecule is CCOc1cccc(C(NN)c2cn(C)nc2C)c1. The van der Waals surface area contributed by atoms with Crippen LogP contribution >= 0.6 is 0 Å². The summed E-state index contributed by atoms with van der Waals surface area (Å²) in [7, 11) is 1.90. The van der Waals surface area contributed by atoms with Crippen molar-refractivity contribution in [1.82, 2.24) is 15.2 Å². The molecule has 0 amide bonds. The molecule has 102 valence electrons. The highest BCUT2D eigenvalue weighted by molar-refractivity contribution is 5.37. The number of ether oxygens (including phenoxy) is 1. The van der Waals surface area contributed by atoms with Crippen LogP contribution in [0.5, 0.6) is 5.75 Å². The van der Waals surface area contributed by atoms with Gasteiger partial charge in [0.2, 0.25) is 0 Å². The van der Waals surface area contributed by atoms with Crippen molar-refractivity contribution >= 4 is 0 Å². The summed E-state index contributed by atoms with van der Waals surface area (Å²) in [5, 5.41) is 4.35. The van der Waals surface area contributed by atoms with Gasteiger partial charge in [0.05, 0.1) is 18.3 Å². The predicted molar refractivity (Wildman–Crippen MR) is 74.7 cm³/mol. The molecule has 0 radical (unpaired) electrons. The van der Waals surface area contributed by atoms with Gasteiger partial charge >= 0.3 is 0 Å². The zero-order valence-corrected chi connectivity index (χ0v) is 11.6. The number of nitrogens with two attached hydrogens (primary N) is 1. The Kier molecular flexibility index (Phi) is 4.19. The Labute approximate surface area is 113 Å². The van der Waals surface area contributed by atoms with E-state index in [2.05, 4.69) is 10.5 Å². The average molecular weight is 260 g/mol. The molecular formula is C14H20N4O. The quantitative estimate of drug-likeness (QED) is 0.634. The summed E-state index contributed by atoms with van der Waals surface area (Å²) in [6.07, 6.45) is 1.98. The van der Waals surface area contributed by atoms with Gasteiger partial charge in [0.15, 0.2) is 0 Å². The Balaban J connectivity index is 2.36. The van der Waals surface area contributed by atoms with Crippen LogP contribution in [0.15, 0.2) is 30.5 Å². The highest BCUT2D eigenvalue weighted by atomic mass is 16.5. The molecule has 3 N–H and O–H groups in total. The van der Waals surface area contributed by atoms with Crippen molar-refractivity contribution in [3.05, 3.63) is 47.3 Å². The lowest BCUT2D eigenvalue weighted by molar-refractivity contribution is 0.339. The van der Waals surface area contributed by atoms with Gasteiger partial charge < -0.3 is 4.74 Å². The van der Waals surface area contributed by atoms with E-state index in [1.165, 1.54) is 0 Å². The lowest BCUT2D eigenvalue weighted by atomic mass is 10.00. The Hall–Kier alpha value is -1.85. The fourth-order valence-electron chi connectivity index (χ4n) is 2.22. The first kappa shape index (κ1) is 13.6. The van der Waals surface area contributed by atoms with Crippen LogP contribution in [0.2, 0.25) is 0 Å². The molecule has 0 aliphatic carbocycles. The molecule has 2 rings (SSSR count). The summed E-state index contributed by atoms with van der Waals surface area (Å²) in [4.78, 5) is 0. The van der Waals surface area contributed by atoms with Gasteiger partial charge in [0.25, 0.3) is 0 Å². The van der Waals surface area contributed by atoms with Crippen LogP contribution in [0.25, 0.3) is 0 Å². The minimum Gasteiger partial charge on any atom is -0.494 e. The van der Waals surface area contributed by atoms with E-state index in [0.29, 0.717) is 6.61 Å². The minimum absolute atomic E-state index is 0.0888. The fourth-order valence-corrected chi connectivity index (χ4v) is 2.22. The van der Waals surface area contributed by atoms with E-state index < -0.39 is 0 Å². The maximum Gasteiger partial charge on any atom is 0.119 e. The topological polar surface area (TPSA) is 65.1 Å². The summed E-state index contributed by atoms with van der Waals surface area (Å²) < 4.78 is 7.32. The van der Waals surface area contributed by atoms with Crippen LogP contribution in [-0.4, -0.2) is 16.4 Å². The van der Waals surface area contributed by atoms with Crippen molar-refractivity contribution in [2.75, 3.05) is 6.61 Å². The summed E-state index contributed by atoms with van der Waals surface area (Å²) in [6, 6.07) is 7.85. The van der Waals surface area contributed by atoms with E-state index >= 15 is 0 Å². The molecule has 1 atom stereocenters. The molecule has 5 nitrogen and oxygen atoms in total. The summed E-state index contributed by atoms with van der Waals surface area (Å²) >= 11 is 0. The second-order valence-electron chi connectivity index (χ2n) is 4.45. The fraction of sp³-hybridized carbons (Fsp3) is 0.357. The number of nitrogens with zero attached hydrogens (tertiary/aromatic N) is 2. The Morgan fingerprint density at radius 3 is 2.84 bits per heavy atom. The summed E-state index contributed by atoms with van der Waals surface area (Å²) in [5.74, 6) is 6.56. The zero-order valence-electron chi connectivity index (χ0n) is 11.6. The van der Waals surface area contributed by atoms with Gasteiger partial charge in [0.1, 0.15) is 5.75 Å². The summed E-state index contributed by atoms with van der Waals surface area (Å²) in [5.41, 5.74) is 5.94. The first-order chi connectivity index (χ1) is 9.15. The van der Waals surface area contributed by atoms with Crippen molar-refractivity contribution in [3.63, 3.8) is 0 Å². The van der Waals surface area contributed by atoms with Crippen molar-refractivity contribution in [3.8, 4) is 5.75 Å². The molecule has 1 heterocycles. The predicted octanol–water partition coefficient (Wildman–Crippen LogP) is 1.68. The van der Waals surface area contributed by atoms with Crippen molar-refractivity contribution in [1.29, 1.82) is 0 Å². The first-order valence-electron chi connectivity index (χ1n) is 6.34. The lowest BCUT2D eigenvalue weighted by Gasteiger charge is -2.16. The normalized spacial score (nSPS) is 12.4. The number of hydrogen-bond acceptors (Lipinski definition) is 4. The molecule has 0 aliphatic heterocycles. The van der Waals surface area contributed by atoms with E-state index in [4.69, 9.17) is 10.6 Å². The molecule has 0 fully saturated rings.